The molecule has 0 saturated carbocycles. The summed E-state index contributed by atoms with van der Waals surface area (Å²) in [5.41, 5.74) is 1.24. The highest BCUT2D eigenvalue weighted by Crippen LogP contribution is 2.37. The summed E-state index contributed by atoms with van der Waals surface area (Å²) in [5, 5.41) is 9.12. The van der Waals surface area contributed by atoms with Crippen molar-refractivity contribution in [1.82, 2.24) is 0 Å². The van der Waals surface area contributed by atoms with E-state index in [0.29, 0.717) is 0 Å². The molecule has 0 bridgehead atoms. The summed E-state index contributed by atoms with van der Waals surface area (Å²) in [6.45, 7) is 0.123. The number of aliphatic hydroxyl groups excluding tert-OH is 1. The second-order valence-electron chi connectivity index (χ2n) is 4.34. The van der Waals surface area contributed by atoms with Gasteiger partial charge in [-0.1, -0.05) is 0 Å². The molecule has 0 spiro atoms. The SMILES string of the molecule is C[n+]1ccc(-c2ccc(-c3ccc(CO)s3)s2)cc1. The molecule has 2 nitrogen and oxygen atoms in total. The van der Waals surface area contributed by atoms with Crippen LogP contribution < -0.4 is 4.57 Å². The maximum Gasteiger partial charge on any atom is 0.169 e. The highest BCUT2D eigenvalue weighted by molar-refractivity contribution is 7.23. The number of aliphatic hydroxyl groups is 1. The molecule has 3 rings (SSSR count). The molecule has 4 heteroatoms. The lowest BCUT2D eigenvalue weighted by atomic mass is 10.2. The van der Waals surface area contributed by atoms with Crippen LogP contribution in [0.25, 0.3) is 20.2 Å². The summed E-state index contributed by atoms with van der Waals surface area (Å²) in [5.74, 6) is 0. The molecule has 0 aromatic carbocycles. The van der Waals surface area contributed by atoms with Gasteiger partial charge >= 0.3 is 0 Å². The zero-order valence-corrected chi connectivity index (χ0v) is 12.2. The van der Waals surface area contributed by atoms with Gasteiger partial charge in [-0.15, -0.1) is 22.7 Å². The number of pyridine rings is 1. The third-order valence-electron chi connectivity index (χ3n) is 2.93. The second kappa shape index (κ2) is 5.25. The van der Waals surface area contributed by atoms with E-state index in [0.717, 1.165) is 4.88 Å². The number of nitrogens with zero attached hydrogens (tertiary/aromatic N) is 1. The van der Waals surface area contributed by atoms with E-state index in [1.165, 1.54) is 20.2 Å². The van der Waals surface area contributed by atoms with Gasteiger partial charge in [0, 0.05) is 37.2 Å². The predicted molar refractivity (Wildman–Crippen MR) is 80.2 cm³/mol. The van der Waals surface area contributed by atoms with E-state index < -0.39 is 0 Å². The first kappa shape index (κ1) is 12.5. The molecule has 0 unspecified atom stereocenters. The van der Waals surface area contributed by atoms with Crippen molar-refractivity contribution in [3.8, 4) is 20.2 Å². The third kappa shape index (κ3) is 2.61. The molecule has 3 aromatic rings. The fourth-order valence-corrected chi connectivity index (χ4v) is 3.86. The molecule has 96 valence electrons. The van der Waals surface area contributed by atoms with Crippen LogP contribution in [-0.4, -0.2) is 5.11 Å². The summed E-state index contributed by atoms with van der Waals surface area (Å²) >= 11 is 3.44. The lowest BCUT2D eigenvalue weighted by Gasteiger charge is -1.94. The molecular formula is C15H14NOS2+. The van der Waals surface area contributed by atoms with E-state index in [1.54, 1.807) is 22.7 Å². The summed E-state index contributed by atoms with van der Waals surface area (Å²) in [4.78, 5) is 4.76. The summed E-state index contributed by atoms with van der Waals surface area (Å²) in [7, 11) is 2.02. The van der Waals surface area contributed by atoms with Gasteiger partial charge in [0.05, 0.1) is 6.61 Å². The monoisotopic (exact) mass is 288 g/mol. The number of aryl methyl sites for hydroxylation is 1. The Morgan fingerprint density at radius 1 is 0.895 bits per heavy atom. The van der Waals surface area contributed by atoms with Crippen LogP contribution in [-0.2, 0) is 13.7 Å². The summed E-state index contributed by atoms with van der Waals surface area (Å²) < 4.78 is 2.03. The summed E-state index contributed by atoms with van der Waals surface area (Å²) in [6, 6.07) is 12.6. The average Bonchev–Trinajstić information content (AvgIpc) is 3.08. The molecule has 19 heavy (non-hydrogen) atoms. The Hall–Kier alpha value is -1.49. The second-order valence-corrected chi connectivity index (χ2v) is 6.59. The van der Waals surface area contributed by atoms with Gasteiger partial charge in [0.1, 0.15) is 7.05 Å². The fraction of sp³-hybridized carbons (Fsp3) is 0.133. The molecule has 0 fully saturated rings. The Balaban J connectivity index is 1.92. The van der Waals surface area contributed by atoms with E-state index in [4.69, 9.17) is 5.11 Å². The van der Waals surface area contributed by atoms with Crippen molar-refractivity contribution in [3.63, 3.8) is 0 Å². The molecule has 0 aliphatic heterocycles. The van der Waals surface area contributed by atoms with Crippen molar-refractivity contribution in [2.24, 2.45) is 7.05 Å². The van der Waals surface area contributed by atoms with Crippen molar-refractivity contribution in [2.45, 2.75) is 6.61 Å². The van der Waals surface area contributed by atoms with Crippen LogP contribution in [0.3, 0.4) is 0 Å². The first-order chi connectivity index (χ1) is 9.26. The van der Waals surface area contributed by atoms with E-state index in [9.17, 15) is 0 Å². The van der Waals surface area contributed by atoms with Crippen molar-refractivity contribution in [1.29, 1.82) is 0 Å². The lowest BCUT2D eigenvalue weighted by molar-refractivity contribution is -0.671. The van der Waals surface area contributed by atoms with Crippen molar-refractivity contribution in [3.05, 3.63) is 53.7 Å². The molecule has 3 aromatic heterocycles. The van der Waals surface area contributed by atoms with Crippen LogP contribution in [0.4, 0.5) is 0 Å². The van der Waals surface area contributed by atoms with E-state index in [2.05, 4.69) is 42.7 Å². The van der Waals surface area contributed by atoms with Gasteiger partial charge in [-0.2, -0.15) is 0 Å². The average molecular weight is 288 g/mol. The fourth-order valence-electron chi connectivity index (χ4n) is 1.89. The Kier molecular flexibility index (Phi) is 3.46. The van der Waals surface area contributed by atoms with Crippen LogP contribution in [0.15, 0.2) is 48.8 Å². The van der Waals surface area contributed by atoms with E-state index >= 15 is 0 Å². The molecule has 0 aliphatic rings. The van der Waals surface area contributed by atoms with E-state index in [-0.39, 0.29) is 6.61 Å². The minimum absolute atomic E-state index is 0.123. The largest absolute Gasteiger partial charge is 0.391 e. The zero-order valence-electron chi connectivity index (χ0n) is 10.5. The molecule has 0 saturated heterocycles. The number of aromatic nitrogens is 1. The molecule has 0 aliphatic carbocycles. The highest BCUT2D eigenvalue weighted by Gasteiger charge is 2.08. The Labute approximate surface area is 120 Å². The van der Waals surface area contributed by atoms with Gasteiger partial charge in [-0.05, 0) is 24.3 Å². The first-order valence-electron chi connectivity index (χ1n) is 6.02. The minimum Gasteiger partial charge on any atom is -0.391 e. The van der Waals surface area contributed by atoms with Gasteiger partial charge in [0.15, 0.2) is 12.4 Å². The molecule has 0 amide bonds. The normalized spacial score (nSPS) is 10.8. The Morgan fingerprint density at radius 3 is 2.21 bits per heavy atom. The number of hydrogen-bond acceptors (Lipinski definition) is 3. The molecular weight excluding hydrogens is 274 g/mol. The maximum atomic E-state index is 9.12. The maximum absolute atomic E-state index is 9.12. The minimum atomic E-state index is 0.123. The number of thiophene rings is 2. The van der Waals surface area contributed by atoms with Gasteiger partial charge < -0.3 is 5.11 Å². The van der Waals surface area contributed by atoms with Crippen LogP contribution in [0, 0.1) is 0 Å². The Morgan fingerprint density at radius 2 is 1.53 bits per heavy atom. The van der Waals surface area contributed by atoms with Crippen molar-refractivity contribution < 1.29 is 9.67 Å². The van der Waals surface area contributed by atoms with Crippen molar-refractivity contribution in [2.75, 3.05) is 0 Å². The standard InChI is InChI=1S/C15H14NOS2/c1-16-8-6-11(7-9-16)13-4-5-15(19-13)14-3-2-12(10-17)18-14/h2-9,17H,10H2,1H3/q+1. The number of hydrogen-bond donors (Lipinski definition) is 1. The van der Waals surface area contributed by atoms with Gasteiger partial charge in [0.25, 0.3) is 0 Å². The predicted octanol–water partition coefficient (Wildman–Crippen LogP) is 3.46. The number of rotatable bonds is 3. The van der Waals surface area contributed by atoms with Gasteiger partial charge in [-0.25, -0.2) is 4.57 Å². The van der Waals surface area contributed by atoms with Crippen LogP contribution in [0.5, 0.6) is 0 Å². The van der Waals surface area contributed by atoms with Crippen molar-refractivity contribution >= 4 is 22.7 Å². The topological polar surface area (TPSA) is 24.1 Å². The van der Waals surface area contributed by atoms with E-state index in [1.807, 2.05) is 17.7 Å². The molecule has 0 atom stereocenters. The smallest absolute Gasteiger partial charge is 0.169 e. The lowest BCUT2D eigenvalue weighted by Crippen LogP contribution is -2.25. The van der Waals surface area contributed by atoms with Crippen LogP contribution in [0.1, 0.15) is 4.88 Å². The third-order valence-corrected chi connectivity index (χ3v) is 5.33. The highest BCUT2D eigenvalue weighted by atomic mass is 32.1. The molecule has 1 N–H and O–H groups in total. The van der Waals surface area contributed by atoms with Crippen LogP contribution >= 0.6 is 22.7 Å². The van der Waals surface area contributed by atoms with Gasteiger partial charge in [0.2, 0.25) is 0 Å². The molecule has 3 heterocycles. The Bertz CT molecular complexity index is 682. The van der Waals surface area contributed by atoms with Gasteiger partial charge in [-0.3, -0.25) is 0 Å². The molecule has 0 radical (unpaired) electrons. The summed E-state index contributed by atoms with van der Waals surface area (Å²) in [6.07, 6.45) is 4.12. The van der Waals surface area contributed by atoms with Crippen LogP contribution in [0.2, 0.25) is 0 Å². The first-order valence-corrected chi connectivity index (χ1v) is 7.65. The quantitative estimate of drug-likeness (QED) is 0.733. The zero-order chi connectivity index (χ0) is 13.2.